The lowest BCUT2D eigenvalue weighted by atomic mass is 10.1. The molecule has 19 heavy (non-hydrogen) atoms. The van der Waals surface area contributed by atoms with Crippen molar-refractivity contribution in [2.45, 2.75) is 4.90 Å². The molecule has 0 saturated carbocycles. The number of fused-ring (bicyclic) bond motifs is 1. The van der Waals surface area contributed by atoms with Gasteiger partial charge in [-0.25, -0.2) is 8.42 Å². The summed E-state index contributed by atoms with van der Waals surface area (Å²) in [5, 5.41) is 8.56. The van der Waals surface area contributed by atoms with Crippen LogP contribution in [-0.4, -0.2) is 23.4 Å². The summed E-state index contributed by atoms with van der Waals surface area (Å²) in [5.74, 6) is 0. The van der Waals surface area contributed by atoms with Gasteiger partial charge in [0.05, 0.1) is 16.5 Å². The first-order valence-corrected chi connectivity index (χ1v) is 7.59. The number of aryl methyl sites for hydroxylation is 1. The molecule has 0 aliphatic carbocycles. The standard InChI is InChI=1S/C11H8ClN3O3S/c1-15-6-7(5-13-15)11-9-4-8(19(12,16)17)2-3-10(9)18-14-11/h2-6H,1H3. The van der Waals surface area contributed by atoms with Gasteiger partial charge in [-0.1, -0.05) is 5.16 Å². The number of halogens is 1. The van der Waals surface area contributed by atoms with Gasteiger partial charge in [-0.05, 0) is 18.2 Å². The molecular weight excluding hydrogens is 290 g/mol. The second-order valence-electron chi connectivity index (χ2n) is 4.03. The highest BCUT2D eigenvalue weighted by molar-refractivity contribution is 8.13. The van der Waals surface area contributed by atoms with Crippen LogP contribution in [0.5, 0.6) is 0 Å². The molecule has 0 aliphatic rings. The molecule has 0 bridgehead atoms. The molecule has 2 heterocycles. The summed E-state index contributed by atoms with van der Waals surface area (Å²) in [4.78, 5) is 0.00927. The van der Waals surface area contributed by atoms with Gasteiger partial charge in [-0.3, -0.25) is 4.68 Å². The number of benzene rings is 1. The van der Waals surface area contributed by atoms with E-state index in [9.17, 15) is 8.42 Å². The summed E-state index contributed by atoms with van der Waals surface area (Å²) in [6.07, 6.45) is 3.39. The second-order valence-corrected chi connectivity index (χ2v) is 6.60. The Morgan fingerprint density at radius 2 is 2.16 bits per heavy atom. The third kappa shape index (κ3) is 2.11. The quantitative estimate of drug-likeness (QED) is 0.677. The first kappa shape index (κ1) is 12.2. The van der Waals surface area contributed by atoms with Gasteiger partial charge in [0, 0.05) is 29.5 Å². The summed E-state index contributed by atoms with van der Waals surface area (Å²) in [5.41, 5.74) is 1.76. The van der Waals surface area contributed by atoms with E-state index in [-0.39, 0.29) is 4.90 Å². The van der Waals surface area contributed by atoms with E-state index in [2.05, 4.69) is 10.3 Å². The average Bonchev–Trinajstić information content (AvgIpc) is 2.92. The predicted molar refractivity (Wildman–Crippen MR) is 69.2 cm³/mol. The molecule has 2 aromatic heterocycles. The van der Waals surface area contributed by atoms with Gasteiger partial charge < -0.3 is 4.52 Å². The molecule has 0 fully saturated rings. The maximum Gasteiger partial charge on any atom is 0.261 e. The maximum absolute atomic E-state index is 11.3. The third-order valence-corrected chi connectivity index (χ3v) is 4.05. The molecule has 1 aromatic carbocycles. The van der Waals surface area contributed by atoms with Crippen molar-refractivity contribution in [1.82, 2.24) is 14.9 Å². The number of hydrogen-bond donors (Lipinski definition) is 0. The Labute approximate surface area is 113 Å². The Hall–Kier alpha value is -1.86. The fourth-order valence-electron chi connectivity index (χ4n) is 1.82. The zero-order chi connectivity index (χ0) is 13.6. The Balaban J connectivity index is 2.27. The molecule has 0 saturated heterocycles. The molecular formula is C11H8ClN3O3S. The van der Waals surface area contributed by atoms with E-state index >= 15 is 0 Å². The Kier molecular flexibility index (Phi) is 2.61. The Morgan fingerprint density at radius 1 is 1.37 bits per heavy atom. The van der Waals surface area contributed by atoms with Crippen LogP contribution >= 0.6 is 10.7 Å². The van der Waals surface area contributed by atoms with Crippen LogP contribution < -0.4 is 0 Å². The molecule has 0 spiro atoms. The van der Waals surface area contributed by atoms with E-state index in [1.807, 2.05) is 0 Å². The van der Waals surface area contributed by atoms with Gasteiger partial charge in [0.1, 0.15) is 5.69 Å². The van der Waals surface area contributed by atoms with E-state index < -0.39 is 9.05 Å². The van der Waals surface area contributed by atoms with Gasteiger partial charge in [0.2, 0.25) is 0 Å². The number of aromatic nitrogens is 3. The summed E-state index contributed by atoms with van der Waals surface area (Å²) in [6, 6.07) is 4.34. The predicted octanol–water partition coefficient (Wildman–Crippen LogP) is 2.16. The van der Waals surface area contributed by atoms with E-state index in [4.69, 9.17) is 15.2 Å². The van der Waals surface area contributed by atoms with Crippen molar-refractivity contribution in [2.24, 2.45) is 7.05 Å². The minimum absolute atomic E-state index is 0.00927. The lowest BCUT2D eigenvalue weighted by Crippen LogP contribution is -1.89. The smallest absolute Gasteiger partial charge is 0.261 e. The summed E-state index contributed by atoms with van der Waals surface area (Å²) < 4.78 is 29.5. The molecule has 8 heteroatoms. The third-order valence-electron chi connectivity index (χ3n) is 2.70. The van der Waals surface area contributed by atoms with Crippen molar-refractivity contribution in [3.63, 3.8) is 0 Å². The largest absolute Gasteiger partial charge is 0.356 e. The molecule has 0 radical (unpaired) electrons. The molecule has 0 N–H and O–H groups in total. The average molecular weight is 298 g/mol. The van der Waals surface area contributed by atoms with Crippen LogP contribution in [-0.2, 0) is 16.1 Å². The van der Waals surface area contributed by atoms with Crippen LogP contribution in [0.3, 0.4) is 0 Å². The van der Waals surface area contributed by atoms with Gasteiger partial charge in [0.25, 0.3) is 9.05 Å². The van der Waals surface area contributed by atoms with Gasteiger partial charge in [-0.2, -0.15) is 5.10 Å². The van der Waals surface area contributed by atoms with Crippen LogP contribution in [0.25, 0.3) is 22.2 Å². The van der Waals surface area contributed by atoms with Gasteiger partial charge in [0.15, 0.2) is 5.58 Å². The summed E-state index contributed by atoms with van der Waals surface area (Å²) in [7, 11) is 3.33. The Bertz CT molecular complexity index is 866. The zero-order valence-corrected chi connectivity index (χ0v) is 11.3. The molecule has 3 aromatic rings. The van der Waals surface area contributed by atoms with E-state index in [1.54, 1.807) is 24.1 Å². The van der Waals surface area contributed by atoms with Crippen molar-refractivity contribution < 1.29 is 12.9 Å². The second kappa shape index (κ2) is 4.07. The van der Waals surface area contributed by atoms with Crippen molar-refractivity contribution in [3.05, 3.63) is 30.6 Å². The molecule has 0 unspecified atom stereocenters. The molecule has 0 amide bonds. The SMILES string of the molecule is Cn1cc(-c2noc3ccc(S(=O)(=O)Cl)cc23)cn1. The lowest BCUT2D eigenvalue weighted by Gasteiger charge is -1.96. The summed E-state index contributed by atoms with van der Waals surface area (Å²) in [6.45, 7) is 0. The van der Waals surface area contributed by atoms with Crippen molar-refractivity contribution in [3.8, 4) is 11.3 Å². The maximum atomic E-state index is 11.3. The highest BCUT2D eigenvalue weighted by atomic mass is 35.7. The fraction of sp³-hybridized carbons (Fsp3) is 0.0909. The molecule has 6 nitrogen and oxygen atoms in total. The summed E-state index contributed by atoms with van der Waals surface area (Å²) >= 11 is 0. The number of nitrogens with zero attached hydrogens (tertiary/aromatic N) is 3. The zero-order valence-electron chi connectivity index (χ0n) is 9.74. The molecule has 0 atom stereocenters. The van der Waals surface area contributed by atoms with Gasteiger partial charge in [-0.15, -0.1) is 0 Å². The van der Waals surface area contributed by atoms with Crippen LogP contribution in [0, 0.1) is 0 Å². The van der Waals surface area contributed by atoms with Crippen LogP contribution in [0.1, 0.15) is 0 Å². The first-order chi connectivity index (χ1) is 8.95. The van der Waals surface area contributed by atoms with Crippen molar-refractivity contribution in [1.29, 1.82) is 0 Å². The van der Waals surface area contributed by atoms with Crippen LogP contribution in [0.15, 0.2) is 40.0 Å². The monoisotopic (exact) mass is 297 g/mol. The van der Waals surface area contributed by atoms with Crippen molar-refractivity contribution in [2.75, 3.05) is 0 Å². The molecule has 0 aliphatic heterocycles. The first-order valence-electron chi connectivity index (χ1n) is 5.28. The Morgan fingerprint density at radius 3 is 2.79 bits per heavy atom. The fourth-order valence-corrected chi connectivity index (χ4v) is 2.60. The van der Waals surface area contributed by atoms with E-state index in [0.29, 0.717) is 16.7 Å². The lowest BCUT2D eigenvalue weighted by molar-refractivity contribution is 0.459. The topological polar surface area (TPSA) is 78.0 Å². The van der Waals surface area contributed by atoms with Crippen LogP contribution in [0.4, 0.5) is 0 Å². The van der Waals surface area contributed by atoms with Gasteiger partial charge >= 0.3 is 0 Å². The molecule has 3 rings (SSSR count). The van der Waals surface area contributed by atoms with Crippen LogP contribution in [0.2, 0.25) is 0 Å². The molecule has 98 valence electrons. The van der Waals surface area contributed by atoms with Crippen molar-refractivity contribution >= 4 is 30.7 Å². The number of hydrogen-bond acceptors (Lipinski definition) is 5. The normalized spacial score (nSPS) is 12.1. The highest BCUT2D eigenvalue weighted by Gasteiger charge is 2.16. The minimum atomic E-state index is -3.78. The van der Waals surface area contributed by atoms with E-state index in [0.717, 1.165) is 5.56 Å². The van der Waals surface area contributed by atoms with E-state index in [1.165, 1.54) is 18.2 Å². The number of rotatable bonds is 2. The minimum Gasteiger partial charge on any atom is -0.356 e. The highest BCUT2D eigenvalue weighted by Crippen LogP contribution is 2.30.